The number of nitrogens with one attached hydrogen (secondary N) is 2. The van der Waals surface area contributed by atoms with Crippen LogP contribution < -0.4 is 10.6 Å². The molecule has 1 aromatic heterocycles. The molecule has 106 valence electrons. The molecule has 2 rings (SSSR count). The van der Waals surface area contributed by atoms with Crippen molar-refractivity contribution in [2.24, 2.45) is 5.41 Å². The second-order valence-corrected chi connectivity index (χ2v) is 6.46. The fraction of sp³-hybridized carbons (Fsp3) is 0.688. The molecule has 0 saturated heterocycles. The van der Waals surface area contributed by atoms with Crippen LogP contribution in [-0.2, 0) is 0 Å². The van der Waals surface area contributed by atoms with Gasteiger partial charge in [-0.05, 0) is 37.2 Å². The highest BCUT2D eigenvalue weighted by Gasteiger charge is 2.27. The van der Waals surface area contributed by atoms with E-state index in [9.17, 15) is 0 Å². The molecule has 1 atom stereocenters. The maximum absolute atomic E-state index is 4.35. The lowest BCUT2D eigenvalue weighted by Crippen LogP contribution is -2.31. The van der Waals surface area contributed by atoms with Crippen molar-refractivity contribution >= 4 is 11.5 Å². The molecule has 1 fully saturated rings. The quantitative estimate of drug-likeness (QED) is 0.830. The number of aromatic nitrogens is 1. The lowest BCUT2D eigenvalue weighted by molar-refractivity contribution is 0.229. The Morgan fingerprint density at radius 2 is 2.26 bits per heavy atom. The van der Waals surface area contributed by atoms with Gasteiger partial charge >= 0.3 is 0 Å². The van der Waals surface area contributed by atoms with E-state index in [0.717, 1.165) is 18.8 Å². The minimum Gasteiger partial charge on any atom is -0.382 e. The number of hydrogen-bond acceptors (Lipinski definition) is 3. The van der Waals surface area contributed by atoms with Gasteiger partial charge in [0.05, 0.1) is 0 Å². The molecule has 0 radical (unpaired) electrons. The first-order chi connectivity index (χ1) is 9.09. The highest BCUT2D eigenvalue weighted by Crippen LogP contribution is 2.36. The van der Waals surface area contributed by atoms with Crippen LogP contribution in [0.2, 0.25) is 0 Å². The van der Waals surface area contributed by atoms with Gasteiger partial charge < -0.3 is 10.6 Å². The highest BCUT2D eigenvalue weighted by molar-refractivity contribution is 5.52. The molecule has 1 saturated carbocycles. The SMILES string of the molecule is CCCNc1cc(NC2CCCC(C)(C)C2)ccn1. The van der Waals surface area contributed by atoms with Crippen LogP contribution in [0, 0.1) is 5.41 Å². The summed E-state index contributed by atoms with van der Waals surface area (Å²) in [5.41, 5.74) is 1.67. The first-order valence-electron chi connectivity index (χ1n) is 7.55. The zero-order valence-corrected chi connectivity index (χ0v) is 12.5. The Labute approximate surface area is 117 Å². The van der Waals surface area contributed by atoms with Gasteiger partial charge in [-0.1, -0.05) is 27.2 Å². The average Bonchev–Trinajstić information content (AvgIpc) is 2.35. The normalized spacial score (nSPS) is 21.9. The lowest BCUT2D eigenvalue weighted by Gasteiger charge is -2.36. The van der Waals surface area contributed by atoms with Crippen LogP contribution in [0.4, 0.5) is 11.5 Å². The summed E-state index contributed by atoms with van der Waals surface area (Å²) in [6.07, 6.45) is 8.22. The maximum atomic E-state index is 4.35. The molecule has 3 nitrogen and oxygen atoms in total. The monoisotopic (exact) mass is 261 g/mol. The van der Waals surface area contributed by atoms with Gasteiger partial charge in [-0.2, -0.15) is 0 Å². The molecule has 0 spiro atoms. The molecule has 2 N–H and O–H groups in total. The first-order valence-corrected chi connectivity index (χ1v) is 7.55. The van der Waals surface area contributed by atoms with Crippen LogP contribution in [0.1, 0.15) is 52.9 Å². The van der Waals surface area contributed by atoms with E-state index in [1.165, 1.54) is 31.4 Å². The smallest absolute Gasteiger partial charge is 0.127 e. The van der Waals surface area contributed by atoms with Gasteiger partial charge in [0.25, 0.3) is 0 Å². The van der Waals surface area contributed by atoms with Crippen LogP contribution in [0.15, 0.2) is 18.3 Å². The standard InChI is InChI=1S/C16H27N3/c1-4-9-17-15-11-13(7-10-18-15)19-14-6-5-8-16(2,3)12-14/h7,10-11,14H,4-6,8-9,12H2,1-3H3,(H2,17,18,19). The Bertz CT molecular complexity index is 401. The van der Waals surface area contributed by atoms with Crippen molar-refractivity contribution < 1.29 is 0 Å². The number of anilines is 2. The molecule has 0 bridgehead atoms. The minimum atomic E-state index is 0.478. The highest BCUT2D eigenvalue weighted by atomic mass is 15.0. The Kier molecular flexibility index (Phi) is 4.67. The van der Waals surface area contributed by atoms with E-state index in [4.69, 9.17) is 0 Å². The van der Waals surface area contributed by atoms with E-state index in [2.05, 4.69) is 48.5 Å². The summed E-state index contributed by atoms with van der Waals surface area (Å²) in [6, 6.07) is 4.79. The topological polar surface area (TPSA) is 37.0 Å². The van der Waals surface area contributed by atoms with Crippen LogP contribution in [0.25, 0.3) is 0 Å². The van der Waals surface area contributed by atoms with E-state index in [1.807, 2.05) is 6.20 Å². The maximum Gasteiger partial charge on any atom is 0.127 e. The molecule has 0 aromatic carbocycles. The summed E-state index contributed by atoms with van der Waals surface area (Å²) in [7, 11) is 0. The van der Waals surface area contributed by atoms with Crippen molar-refractivity contribution in [2.45, 2.75) is 58.9 Å². The second kappa shape index (κ2) is 6.27. The van der Waals surface area contributed by atoms with Gasteiger partial charge in [0.15, 0.2) is 0 Å². The fourth-order valence-corrected chi connectivity index (χ4v) is 2.93. The predicted molar refractivity (Wildman–Crippen MR) is 82.7 cm³/mol. The molecule has 0 aliphatic heterocycles. The molecule has 0 amide bonds. The Hall–Kier alpha value is -1.25. The van der Waals surface area contributed by atoms with E-state index in [1.54, 1.807) is 0 Å². The van der Waals surface area contributed by atoms with Crippen molar-refractivity contribution in [1.82, 2.24) is 4.98 Å². The summed E-state index contributed by atoms with van der Waals surface area (Å²) in [5, 5.41) is 7.01. The second-order valence-electron chi connectivity index (χ2n) is 6.46. The third-order valence-corrected chi connectivity index (χ3v) is 3.89. The molecule has 1 aliphatic carbocycles. The van der Waals surface area contributed by atoms with Crippen molar-refractivity contribution in [3.63, 3.8) is 0 Å². The number of nitrogens with zero attached hydrogens (tertiary/aromatic N) is 1. The zero-order valence-electron chi connectivity index (χ0n) is 12.5. The van der Waals surface area contributed by atoms with E-state index in [-0.39, 0.29) is 0 Å². The Balaban J connectivity index is 1.94. The van der Waals surface area contributed by atoms with Gasteiger partial charge in [-0.3, -0.25) is 0 Å². The fourth-order valence-electron chi connectivity index (χ4n) is 2.93. The van der Waals surface area contributed by atoms with Crippen molar-refractivity contribution in [3.05, 3.63) is 18.3 Å². The summed E-state index contributed by atoms with van der Waals surface area (Å²) in [5.74, 6) is 0.974. The van der Waals surface area contributed by atoms with Gasteiger partial charge in [0.2, 0.25) is 0 Å². The molecule has 1 aromatic rings. The molecule has 1 heterocycles. The van der Waals surface area contributed by atoms with Gasteiger partial charge in [-0.25, -0.2) is 4.98 Å². The third-order valence-electron chi connectivity index (χ3n) is 3.89. The van der Waals surface area contributed by atoms with Crippen LogP contribution in [0.5, 0.6) is 0 Å². The number of hydrogen-bond donors (Lipinski definition) is 2. The predicted octanol–water partition coefficient (Wildman–Crippen LogP) is 4.28. The largest absolute Gasteiger partial charge is 0.382 e. The summed E-state index contributed by atoms with van der Waals surface area (Å²) in [6.45, 7) is 7.90. The summed E-state index contributed by atoms with van der Waals surface area (Å²) < 4.78 is 0. The minimum absolute atomic E-state index is 0.478. The van der Waals surface area contributed by atoms with Crippen molar-refractivity contribution in [3.8, 4) is 0 Å². The molecule has 1 aliphatic rings. The average molecular weight is 261 g/mol. The molecular formula is C16H27N3. The van der Waals surface area contributed by atoms with Crippen LogP contribution in [-0.4, -0.2) is 17.6 Å². The zero-order chi connectivity index (χ0) is 13.7. The third kappa shape index (κ3) is 4.41. The summed E-state index contributed by atoms with van der Waals surface area (Å²) >= 11 is 0. The number of rotatable bonds is 5. The molecule has 19 heavy (non-hydrogen) atoms. The lowest BCUT2D eigenvalue weighted by atomic mass is 9.75. The van der Waals surface area contributed by atoms with E-state index < -0.39 is 0 Å². The Morgan fingerprint density at radius 1 is 1.42 bits per heavy atom. The van der Waals surface area contributed by atoms with E-state index >= 15 is 0 Å². The van der Waals surface area contributed by atoms with Crippen molar-refractivity contribution in [1.29, 1.82) is 0 Å². The van der Waals surface area contributed by atoms with Crippen LogP contribution >= 0.6 is 0 Å². The first kappa shape index (κ1) is 14.2. The Morgan fingerprint density at radius 3 is 3.00 bits per heavy atom. The van der Waals surface area contributed by atoms with Gasteiger partial charge in [0.1, 0.15) is 5.82 Å². The van der Waals surface area contributed by atoms with Crippen molar-refractivity contribution in [2.75, 3.05) is 17.2 Å². The molecular weight excluding hydrogens is 234 g/mol. The number of pyridine rings is 1. The van der Waals surface area contributed by atoms with Crippen LogP contribution in [0.3, 0.4) is 0 Å². The summed E-state index contributed by atoms with van der Waals surface area (Å²) in [4.78, 5) is 4.35. The van der Waals surface area contributed by atoms with E-state index in [0.29, 0.717) is 11.5 Å². The van der Waals surface area contributed by atoms with Gasteiger partial charge in [0, 0.05) is 30.5 Å². The molecule has 1 unspecified atom stereocenters. The van der Waals surface area contributed by atoms with Gasteiger partial charge in [-0.15, -0.1) is 0 Å². The molecule has 3 heteroatoms.